The number of thiocarbonyl (C=S) groups is 1. The van der Waals surface area contributed by atoms with Gasteiger partial charge in [-0.2, -0.15) is 0 Å². The Hall–Kier alpha value is 1.24. The van der Waals surface area contributed by atoms with E-state index in [4.69, 9.17) is 5.73 Å². The van der Waals surface area contributed by atoms with Crippen LogP contribution in [0.25, 0.3) is 0 Å². The van der Waals surface area contributed by atoms with E-state index >= 15 is 0 Å². The molecule has 0 aromatic heterocycles. The van der Waals surface area contributed by atoms with Crippen molar-refractivity contribution in [2.24, 2.45) is 5.73 Å². The molecule has 4 heteroatoms. The molecule has 0 aromatic carbocycles. The number of rotatable bonds is 0. The molecule has 0 fully saturated rings. The van der Waals surface area contributed by atoms with Crippen LogP contribution in [0.15, 0.2) is 0 Å². The quantitative estimate of drug-likeness (QED) is 0.375. The maximum absolute atomic E-state index is 4.99. The minimum absolute atomic E-state index is 0. The van der Waals surface area contributed by atoms with Gasteiger partial charge in [0.1, 0.15) is 4.32 Å². The fraction of sp³-hybridized carbons (Fsp3) is 0.500. The third kappa shape index (κ3) is 8.97. The predicted octanol–water partition coefficient (Wildman–Crippen LogP) is 0.212. The van der Waals surface area contributed by atoms with Crippen molar-refractivity contribution in [3.05, 3.63) is 0 Å². The molecule has 0 amide bonds. The van der Waals surface area contributed by atoms with Gasteiger partial charge in [0.25, 0.3) is 0 Å². The Morgan fingerprint density at radius 1 is 1.83 bits per heavy atom. The zero-order valence-electron chi connectivity index (χ0n) is 3.89. The maximum atomic E-state index is 4.99. The third-order valence-corrected chi connectivity index (χ3v) is 1.10. The predicted molar refractivity (Wildman–Crippen MR) is 36.1 cm³/mol. The van der Waals surface area contributed by atoms with Crippen LogP contribution in [0.1, 0.15) is 0 Å². The number of hydrogen-bond acceptors (Lipinski definition) is 2. The molecular formula is C2H5NNaS2. The molecule has 0 aliphatic carbocycles. The van der Waals surface area contributed by atoms with Crippen LogP contribution in [0.3, 0.4) is 0 Å². The Balaban J connectivity index is 0. The van der Waals surface area contributed by atoms with Crippen molar-refractivity contribution in [2.75, 3.05) is 6.26 Å². The molecular weight excluding hydrogens is 125 g/mol. The fourth-order valence-corrected chi connectivity index (χ4v) is 0. The van der Waals surface area contributed by atoms with Gasteiger partial charge < -0.3 is 5.73 Å². The summed E-state index contributed by atoms with van der Waals surface area (Å²) in [5.74, 6) is 0. The second-order valence-corrected chi connectivity index (χ2v) is 2.07. The van der Waals surface area contributed by atoms with Crippen molar-refractivity contribution in [1.29, 1.82) is 0 Å². The van der Waals surface area contributed by atoms with Crippen LogP contribution < -0.4 is 5.73 Å². The minimum atomic E-state index is 0. The molecule has 6 heavy (non-hydrogen) atoms. The molecule has 0 heterocycles. The van der Waals surface area contributed by atoms with Crippen molar-refractivity contribution < 1.29 is 0 Å². The van der Waals surface area contributed by atoms with E-state index in [0.29, 0.717) is 4.32 Å². The molecule has 0 aliphatic rings. The molecule has 0 saturated heterocycles. The summed E-state index contributed by atoms with van der Waals surface area (Å²) in [6, 6.07) is 0. The molecule has 2 N–H and O–H groups in total. The molecule has 1 radical (unpaired) electrons. The van der Waals surface area contributed by atoms with Crippen molar-refractivity contribution in [3.8, 4) is 0 Å². The molecule has 1 nitrogen and oxygen atoms in total. The van der Waals surface area contributed by atoms with Gasteiger partial charge in [0, 0.05) is 29.6 Å². The number of hydrogen-bond donors (Lipinski definition) is 1. The summed E-state index contributed by atoms with van der Waals surface area (Å²) >= 11 is 5.83. The van der Waals surface area contributed by atoms with Crippen LogP contribution in [0.2, 0.25) is 0 Å². The second kappa shape index (κ2) is 6.24. The SMILES string of the molecule is CSC(N)=S.[Na]. The van der Waals surface area contributed by atoms with E-state index in [1.54, 1.807) is 0 Å². The van der Waals surface area contributed by atoms with Crippen LogP contribution >= 0.6 is 24.0 Å². The Kier molecular flexibility index (Phi) is 10.7. The smallest absolute Gasteiger partial charge is 0.130 e. The van der Waals surface area contributed by atoms with Gasteiger partial charge in [-0.25, -0.2) is 0 Å². The van der Waals surface area contributed by atoms with Gasteiger partial charge in [-0.3, -0.25) is 0 Å². The van der Waals surface area contributed by atoms with Crippen LogP contribution in [0.4, 0.5) is 0 Å². The second-order valence-electron chi connectivity index (χ2n) is 0.523. The summed E-state index contributed by atoms with van der Waals surface area (Å²) in [7, 11) is 0. The first-order valence-electron chi connectivity index (χ1n) is 1.11. The van der Waals surface area contributed by atoms with Gasteiger partial charge in [0.05, 0.1) is 0 Å². The summed E-state index contributed by atoms with van der Waals surface area (Å²) in [6.07, 6.45) is 1.85. The van der Waals surface area contributed by atoms with E-state index in [9.17, 15) is 0 Å². The average molecular weight is 130 g/mol. The molecule has 31 valence electrons. The zero-order chi connectivity index (χ0) is 4.28. The van der Waals surface area contributed by atoms with Crippen molar-refractivity contribution >= 4 is 57.9 Å². The van der Waals surface area contributed by atoms with E-state index in [-0.39, 0.29) is 29.6 Å². The van der Waals surface area contributed by atoms with Crippen LogP contribution in [0.5, 0.6) is 0 Å². The summed E-state index contributed by atoms with van der Waals surface area (Å²) < 4.78 is 0.505. The first-order chi connectivity index (χ1) is 2.27. The first kappa shape index (κ1) is 10.3. The normalized spacial score (nSPS) is 6.17. The van der Waals surface area contributed by atoms with Gasteiger partial charge in [-0.15, -0.1) is 11.8 Å². The fourth-order valence-electron chi connectivity index (χ4n) is 0. The molecule has 0 unspecified atom stereocenters. The molecule has 0 bridgehead atoms. The molecule has 0 atom stereocenters. The Morgan fingerprint density at radius 2 is 2.00 bits per heavy atom. The summed E-state index contributed by atoms with van der Waals surface area (Å²) in [5, 5.41) is 0. The Labute approximate surface area is 69.3 Å². The number of nitrogens with two attached hydrogens (primary N) is 1. The molecule has 0 aliphatic heterocycles. The average Bonchev–Trinajstić information content (AvgIpc) is 1.38. The summed E-state index contributed by atoms with van der Waals surface area (Å²) in [5.41, 5.74) is 4.99. The van der Waals surface area contributed by atoms with Crippen molar-refractivity contribution in [2.45, 2.75) is 0 Å². The van der Waals surface area contributed by atoms with Gasteiger partial charge in [-0.1, -0.05) is 12.2 Å². The summed E-state index contributed by atoms with van der Waals surface area (Å²) in [6.45, 7) is 0. The van der Waals surface area contributed by atoms with Crippen LogP contribution in [-0.2, 0) is 0 Å². The largest absolute Gasteiger partial charge is 0.385 e. The van der Waals surface area contributed by atoms with E-state index in [0.717, 1.165) is 0 Å². The Bertz CT molecular complexity index is 46.8. The van der Waals surface area contributed by atoms with Crippen LogP contribution in [-0.4, -0.2) is 40.1 Å². The van der Waals surface area contributed by atoms with Crippen LogP contribution in [0, 0.1) is 0 Å². The number of thioether (sulfide) groups is 1. The van der Waals surface area contributed by atoms with E-state index in [1.807, 2.05) is 6.26 Å². The summed E-state index contributed by atoms with van der Waals surface area (Å²) in [4.78, 5) is 0. The minimum Gasteiger partial charge on any atom is -0.385 e. The van der Waals surface area contributed by atoms with Crippen molar-refractivity contribution in [3.63, 3.8) is 0 Å². The van der Waals surface area contributed by atoms with Gasteiger partial charge >= 0.3 is 0 Å². The van der Waals surface area contributed by atoms with E-state index < -0.39 is 0 Å². The van der Waals surface area contributed by atoms with Gasteiger partial charge in [0.15, 0.2) is 0 Å². The zero-order valence-corrected chi connectivity index (χ0v) is 7.53. The standard InChI is InChI=1S/C2H5NS2.Na/c1-5-2(3)4;/h1H3,(H2,3,4);. The molecule has 0 rings (SSSR count). The van der Waals surface area contributed by atoms with Crippen molar-refractivity contribution in [1.82, 2.24) is 0 Å². The Morgan fingerprint density at radius 3 is 2.00 bits per heavy atom. The van der Waals surface area contributed by atoms with E-state index in [2.05, 4.69) is 12.2 Å². The molecule has 0 saturated carbocycles. The monoisotopic (exact) mass is 130 g/mol. The molecule has 0 aromatic rings. The maximum Gasteiger partial charge on any atom is 0.130 e. The third-order valence-electron chi connectivity index (χ3n) is 0.201. The molecule has 0 spiro atoms. The van der Waals surface area contributed by atoms with Gasteiger partial charge in [-0.05, 0) is 6.26 Å². The first-order valence-corrected chi connectivity index (χ1v) is 2.74. The topological polar surface area (TPSA) is 26.0 Å². The van der Waals surface area contributed by atoms with Gasteiger partial charge in [0.2, 0.25) is 0 Å². The van der Waals surface area contributed by atoms with E-state index in [1.165, 1.54) is 11.8 Å².